The summed E-state index contributed by atoms with van der Waals surface area (Å²) in [6, 6.07) is 0. The van der Waals surface area contributed by atoms with Gasteiger partial charge in [-0.2, -0.15) is 0 Å². The van der Waals surface area contributed by atoms with Gasteiger partial charge in [-0.1, -0.05) is 150 Å². The summed E-state index contributed by atoms with van der Waals surface area (Å²) < 4.78 is 11.4. The molecule has 0 aromatic carbocycles. The second-order valence-corrected chi connectivity index (χ2v) is 17.6. The minimum atomic E-state index is -0.412. The topological polar surface area (TPSA) is 76.1 Å². The quantitative estimate of drug-likeness (QED) is 0.0500. The zero-order chi connectivity index (χ0) is 38.8. The van der Waals surface area contributed by atoms with E-state index in [9.17, 15) is 14.7 Å². The number of carbonyl (C=O) groups is 2. The van der Waals surface area contributed by atoms with Crippen LogP contribution in [0.3, 0.4) is 0 Å². The highest BCUT2D eigenvalue weighted by molar-refractivity contribution is 5.75. The van der Waals surface area contributed by atoms with E-state index in [0.717, 1.165) is 89.8 Å². The first-order chi connectivity index (χ1) is 25.0. The summed E-state index contributed by atoms with van der Waals surface area (Å²) in [5.74, 6) is 0.785. The van der Waals surface area contributed by atoms with Crippen molar-refractivity contribution >= 4 is 11.9 Å². The predicted octanol–water partition coefficient (Wildman–Crippen LogP) is 13.0. The monoisotopic (exact) mass is 738 g/mol. The fourth-order valence-corrected chi connectivity index (χ4v) is 7.22. The molecule has 0 spiro atoms. The van der Waals surface area contributed by atoms with E-state index < -0.39 is 5.41 Å². The second kappa shape index (κ2) is 34.4. The van der Waals surface area contributed by atoms with Crippen molar-refractivity contribution in [2.24, 2.45) is 16.7 Å². The first-order valence-corrected chi connectivity index (χ1v) is 22.7. The van der Waals surface area contributed by atoms with Crippen LogP contribution in [0.25, 0.3) is 0 Å². The van der Waals surface area contributed by atoms with Crippen molar-refractivity contribution in [1.82, 2.24) is 4.90 Å². The van der Waals surface area contributed by atoms with Crippen LogP contribution >= 0.6 is 0 Å². The van der Waals surface area contributed by atoms with E-state index in [2.05, 4.69) is 53.4 Å². The zero-order valence-corrected chi connectivity index (χ0v) is 36.1. The van der Waals surface area contributed by atoms with E-state index in [1.165, 1.54) is 109 Å². The van der Waals surface area contributed by atoms with Gasteiger partial charge in [0.25, 0.3) is 0 Å². The number of hydrogen-bond acceptors (Lipinski definition) is 6. The highest BCUT2D eigenvalue weighted by atomic mass is 16.5. The van der Waals surface area contributed by atoms with Crippen LogP contribution in [0.5, 0.6) is 0 Å². The molecule has 0 radical (unpaired) electrons. The van der Waals surface area contributed by atoms with Crippen LogP contribution in [0.15, 0.2) is 0 Å². The van der Waals surface area contributed by atoms with Gasteiger partial charge < -0.3 is 19.5 Å². The van der Waals surface area contributed by atoms with Gasteiger partial charge in [-0.25, -0.2) is 0 Å². The minimum Gasteiger partial charge on any atom is -0.465 e. The molecule has 310 valence electrons. The first kappa shape index (κ1) is 50.9. The lowest BCUT2D eigenvalue weighted by Gasteiger charge is -2.25. The molecular formula is C46H91NO5. The lowest BCUT2D eigenvalue weighted by atomic mass is 9.87. The average Bonchev–Trinajstić information content (AvgIpc) is 3.11. The standard InChI is InChI=1S/C46H91NO5/c1-8-11-14-15-16-17-21-33-43(49)52-41-45(4,5)34-23-20-26-37-47(38-27-28-39-48)36-25-19-18-24-35-46(6,7)44(50)51-40-29-22-32-42(30-12-9-2)31-13-10-3/h42,48H,8-41H2,1-7H3. The van der Waals surface area contributed by atoms with E-state index >= 15 is 0 Å². The second-order valence-electron chi connectivity index (χ2n) is 17.6. The van der Waals surface area contributed by atoms with Crippen molar-refractivity contribution < 1.29 is 24.2 Å². The van der Waals surface area contributed by atoms with Gasteiger partial charge >= 0.3 is 11.9 Å². The van der Waals surface area contributed by atoms with Crippen molar-refractivity contribution in [2.45, 2.75) is 228 Å². The van der Waals surface area contributed by atoms with Gasteiger partial charge in [0.15, 0.2) is 0 Å². The van der Waals surface area contributed by atoms with E-state index in [1.807, 2.05) is 0 Å². The maximum absolute atomic E-state index is 12.8. The summed E-state index contributed by atoms with van der Waals surface area (Å²) in [7, 11) is 0. The normalized spacial score (nSPS) is 12.3. The van der Waals surface area contributed by atoms with Crippen LogP contribution in [0.1, 0.15) is 228 Å². The van der Waals surface area contributed by atoms with Gasteiger partial charge in [0.1, 0.15) is 0 Å². The summed E-state index contributed by atoms with van der Waals surface area (Å²) in [5.41, 5.74) is -0.391. The molecule has 0 aromatic rings. The third-order valence-electron chi connectivity index (χ3n) is 11.1. The highest BCUT2D eigenvalue weighted by Crippen LogP contribution is 2.27. The smallest absolute Gasteiger partial charge is 0.311 e. The fourth-order valence-electron chi connectivity index (χ4n) is 7.22. The largest absolute Gasteiger partial charge is 0.465 e. The van der Waals surface area contributed by atoms with Crippen molar-refractivity contribution in [2.75, 3.05) is 39.5 Å². The Balaban J connectivity index is 4.22. The average molecular weight is 738 g/mol. The summed E-state index contributed by atoms with van der Waals surface area (Å²) in [6.07, 6.45) is 32.4. The molecule has 0 rings (SSSR count). The summed E-state index contributed by atoms with van der Waals surface area (Å²) >= 11 is 0. The maximum Gasteiger partial charge on any atom is 0.311 e. The number of rotatable bonds is 39. The summed E-state index contributed by atoms with van der Waals surface area (Å²) in [6.45, 7) is 20.0. The Labute approximate surface area is 324 Å². The van der Waals surface area contributed by atoms with Gasteiger partial charge in [-0.05, 0) is 103 Å². The Morgan fingerprint density at radius 3 is 1.67 bits per heavy atom. The van der Waals surface area contributed by atoms with Crippen LogP contribution in [0.2, 0.25) is 0 Å². The highest BCUT2D eigenvalue weighted by Gasteiger charge is 2.28. The molecule has 0 amide bonds. The maximum atomic E-state index is 12.8. The molecule has 1 N–H and O–H groups in total. The van der Waals surface area contributed by atoms with E-state index in [-0.39, 0.29) is 24.0 Å². The Morgan fingerprint density at radius 2 is 1.06 bits per heavy atom. The lowest BCUT2D eigenvalue weighted by Crippen LogP contribution is -2.28. The number of aliphatic hydroxyl groups excluding tert-OH is 1. The number of hydrogen-bond donors (Lipinski definition) is 1. The number of nitrogens with zero attached hydrogens (tertiary/aromatic N) is 1. The van der Waals surface area contributed by atoms with Gasteiger partial charge in [-0.3, -0.25) is 9.59 Å². The first-order valence-electron chi connectivity index (χ1n) is 22.7. The molecule has 0 saturated heterocycles. The third kappa shape index (κ3) is 31.2. The van der Waals surface area contributed by atoms with Crippen LogP contribution in [0.4, 0.5) is 0 Å². The Morgan fingerprint density at radius 1 is 0.558 bits per heavy atom. The van der Waals surface area contributed by atoms with Crippen LogP contribution in [0, 0.1) is 16.7 Å². The molecule has 0 atom stereocenters. The molecule has 0 aromatic heterocycles. The Kier molecular flexibility index (Phi) is 33.6. The molecule has 6 heteroatoms. The number of ether oxygens (including phenoxy) is 2. The minimum absolute atomic E-state index is 0.0210. The lowest BCUT2D eigenvalue weighted by molar-refractivity contribution is -0.154. The molecule has 0 bridgehead atoms. The number of carbonyl (C=O) groups excluding carboxylic acids is 2. The summed E-state index contributed by atoms with van der Waals surface area (Å²) in [5, 5.41) is 9.31. The van der Waals surface area contributed by atoms with E-state index in [4.69, 9.17) is 9.47 Å². The summed E-state index contributed by atoms with van der Waals surface area (Å²) in [4.78, 5) is 27.7. The van der Waals surface area contributed by atoms with Crippen molar-refractivity contribution in [3.8, 4) is 0 Å². The molecule has 0 aliphatic rings. The van der Waals surface area contributed by atoms with Crippen molar-refractivity contribution in [3.63, 3.8) is 0 Å². The molecule has 52 heavy (non-hydrogen) atoms. The zero-order valence-electron chi connectivity index (χ0n) is 36.1. The molecule has 6 nitrogen and oxygen atoms in total. The number of unbranched alkanes of at least 4 members (excludes halogenated alkanes) is 15. The molecule has 0 aliphatic heterocycles. The third-order valence-corrected chi connectivity index (χ3v) is 11.1. The van der Waals surface area contributed by atoms with Crippen molar-refractivity contribution in [1.29, 1.82) is 0 Å². The molecular weight excluding hydrogens is 647 g/mol. The number of aliphatic hydroxyl groups is 1. The Hall–Kier alpha value is -1.14. The molecule has 0 unspecified atom stereocenters. The molecule has 0 heterocycles. The Bertz CT molecular complexity index is 805. The molecule has 0 fully saturated rings. The van der Waals surface area contributed by atoms with Gasteiger partial charge in [0.2, 0.25) is 0 Å². The van der Waals surface area contributed by atoms with E-state index in [0.29, 0.717) is 19.6 Å². The molecule has 0 aliphatic carbocycles. The predicted molar refractivity (Wildman–Crippen MR) is 223 cm³/mol. The fraction of sp³-hybridized carbons (Fsp3) is 0.957. The van der Waals surface area contributed by atoms with Gasteiger partial charge in [0, 0.05) is 13.0 Å². The molecule has 0 saturated carbocycles. The number of esters is 2. The van der Waals surface area contributed by atoms with Crippen LogP contribution in [-0.2, 0) is 19.1 Å². The van der Waals surface area contributed by atoms with Crippen LogP contribution in [-0.4, -0.2) is 61.4 Å². The van der Waals surface area contributed by atoms with Crippen LogP contribution < -0.4 is 0 Å². The van der Waals surface area contributed by atoms with Gasteiger partial charge in [-0.15, -0.1) is 0 Å². The SMILES string of the molecule is CCCCCCCCCC(=O)OCC(C)(C)CCCCCN(CCCCO)CCCCCCC(C)(C)C(=O)OCCCCC(CCCC)CCCC. The van der Waals surface area contributed by atoms with E-state index in [1.54, 1.807) is 0 Å². The van der Waals surface area contributed by atoms with Crippen molar-refractivity contribution in [3.05, 3.63) is 0 Å². The van der Waals surface area contributed by atoms with Gasteiger partial charge in [0.05, 0.1) is 18.6 Å².